The van der Waals surface area contributed by atoms with Crippen molar-refractivity contribution < 1.29 is 15.0 Å². The molecule has 2 N–H and O–H groups in total. The van der Waals surface area contributed by atoms with Crippen LogP contribution in [0.4, 0.5) is 11.4 Å². The number of aliphatic hydroxyl groups is 2. The number of hydrogen-bond acceptors (Lipinski definition) is 5. The van der Waals surface area contributed by atoms with Crippen LogP contribution in [0, 0.1) is 6.92 Å². The van der Waals surface area contributed by atoms with Crippen LogP contribution >= 0.6 is 0 Å². The molecule has 24 heavy (non-hydrogen) atoms. The number of Topliss-reactive ketones (excluding diaryl/α,β-unsaturated/α-hetero) is 1. The summed E-state index contributed by atoms with van der Waals surface area (Å²) in [5, 5.41) is 20.9. The van der Waals surface area contributed by atoms with Crippen molar-refractivity contribution in [3.05, 3.63) is 59.7 Å². The Morgan fingerprint density at radius 3 is 2.71 bits per heavy atom. The van der Waals surface area contributed by atoms with Gasteiger partial charge in [-0.1, -0.05) is 29.8 Å². The number of anilines is 1. The lowest BCUT2D eigenvalue weighted by Gasteiger charge is -2.30. The van der Waals surface area contributed by atoms with Gasteiger partial charge in [-0.3, -0.25) is 4.79 Å². The Balaban J connectivity index is 1.91. The quantitative estimate of drug-likeness (QED) is 0.889. The van der Waals surface area contributed by atoms with Crippen LogP contribution in [0.15, 0.2) is 53.5 Å². The largest absolute Gasteiger partial charge is 0.394 e. The van der Waals surface area contributed by atoms with Crippen molar-refractivity contribution in [3.8, 4) is 0 Å². The minimum absolute atomic E-state index is 0.128. The molecule has 5 nitrogen and oxygen atoms in total. The van der Waals surface area contributed by atoms with E-state index in [-0.39, 0.29) is 18.8 Å². The lowest BCUT2D eigenvalue weighted by Crippen LogP contribution is -2.49. The lowest BCUT2D eigenvalue weighted by molar-refractivity contribution is 0.0571. The molecule has 0 radical (unpaired) electrons. The normalized spacial score (nSPS) is 25.3. The molecule has 0 saturated carbocycles. The predicted octanol–water partition coefficient (Wildman–Crippen LogP) is 2.22. The van der Waals surface area contributed by atoms with Crippen molar-refractivity contribution in [2.75, 3.05) is 11.5 Å². The molecule has 0 bridgehead atoms. The van der Waals surface area contributed by atoms with Gasteiger partial charge in [-0.15, -0.1) is 0 Å². The van der Waals surface area contributed by atoms with Crippen molar-refractivity contribution >= 4 is 23.0 Å². The molecule has 4 rings (SSSR count). The van der Waals surface area contributed by atoms with E-state index in [2.05, 4.69) is 4.99 Å². The first-order valence-electron chi connectivity index (χ1n) is 7.97. The van der Waals surface area contributed by atoms with E-state index in [1.165, 1.54) is 0 Å². The maximum absolute atomic E-state index is 13.0. The Hall–Kier alpha value is -2.50. The molecule has 2 aliphatic rings. The molecule has 122 valence electrons. The second kappa shape index (κ2) is 5.26. The van der Waals surface area contributed by atoms with Gasteiger partial charge in [-0.2, -0.15) is 0 Å². The number of carbonyl (C=O) groups is 1. The van der Waals surface area contributed by atoms with E-state index < -0.39 is 11.6 Å². The van der Waals surface area contributed by atoms with E-state index in [0.29, 0.717) is 17.1 Å². The highest BCUT2D eigenvalue weighted by atomic mass is 16.3. The summed E-state index contributed by atoms with van der Waals surface area (Å²) in [5.41, 5.74) is 1.05. The third-order valence-electron chi connectivity index (χ3n) is 4.74. The van der Waals surface area contributed by atoms with E-state index in [9.17, 15) is 15.0 Å². The molecule has 2 heterocycles. The predicted molar refractivity (Wildman–Crippen MR) is 92.0 cm³/mol. The second-order valence-electron chi connectivity index (χ2n) is 6.39. The summed E-state index contributed by atoms with van der Waals surface area (Å²) in [6, 6.07) is 14.5. The standard InChI is InChI=1S/C19H18N2O3/c1-12-7-8-16-15(9-12)17(23)19(24)10-14(11-22)21(18(19)20-16)13-5-3-2-4-6-13/h2-9,14,22,24H,10-11H2,1H3/t14-,19+/m0/s1. The Morgan fingerprint density at radius 1 is 1.25 bits per heavy atom. The number of amidine groups is 1. The SMILES string of the molecule is Cc1ccc2c(c1)C(=O)[C@]1(O)C[C@@H](CO)N(c3ccccc3)C1=N2. The van der Waals surface area contributed by atoms with Gasteiger partial charge in [0.1, 0.15) is 5.84 Å². The molecule has 0 spiro atoms. The van der Waals surface area contributed by atoms with Gasteiger partial charge >= 0.3 is 0 Å². The number of para-hydroxylation sites is 1. The zero-order chi connectivity index (χ0) is 16.9. The molecular formula is C19H18N2O3. The first kappa shape index (κ1) is 15.1. The second-order valence-corrected chi connectivity index (χ2v) is 6.39. The van der Waals surface area contributed by atoms with Gasteiger partial charge in [0.2, 0.25) is 5.78 Å². The highest BCUT2D eigenvalue weighted by Crippen LogP contribution is 2.42. The Bertz CT molecular complexity index is 847. The van der Waals surface area contributed by atoms with E-state index in [4.69, 9.17) is 0 Å². The molecule has 2 aromatic rings. The van der Waals surface area contributed by atoms with Crippen molar-refractivity contribution in [1.29, 1.82) is 0 Å². The summed E-state index contributed by atoms with van der Waals surface area (Å²) in [6.07, 6.45) is 0.128. The van der Waals surface area contributed by atoms with Crippen molar-refractivity contribution in [2.24, 2.45) is 4.99 Å². The number of benzene rings is 2. The van der Waals surface area contributed by atoms with Gasteiger partial charge in [-0.05, 0) is 31.2 Å². The summed E-state index contributed by atoms with van der Waals surface area (Å²) in [5.74, 6) is -0.0443. The summed E-state index contributed by atoms with van der Waals surface area (Å²) in [6.45, 7) is 1.73. The molecule has 0 unspecified atom stereocenters. The fourth-order valence-electron chi connectivity index (χ4n) is 3.57. The average Bonchev–Trinajstić information content (AvgIpc) is 2.90. The number of rotatable bonds is 2. The zero-order valence-corrected chi connectivity index (χ0v) is 13.3. The molecule has 1 saturated heterocycles. The molecule has 0 aromatic heterocycles. The molecule has 2 aromatic carbocycles. The molecule has 1 fully saturated rings. The summed E-state index contributed by atoms with van der Waals surface area (Å²) < 4.78 is 0. The number of aliphatic imine (C=N–C) groups is 1. The zero-order valence-electron chi connectivity index (χ0n) is 13.3. The molecule has 2 aliphatic heterocycles. The number of carbonyl (C=O) groups excluding carboxylic acids is 1. The molecule has 2 atom stereocenters. The minimum Gasteiger partial charge on any atom is -0.394 e. The van der Waals surface area contributed by atoms with E-state index in [1.807, 2.05) is 43.3 Å². The number of aliphatic hydroxyl groups excluding tert-OH is 1. The first-order valence-corrected chi connectivity index (χ1v) is 7.97. The fraction of sp³-hybridized carbons (Fsp3) is 0.263. The maximum atomic E-state index is 13.0. The van der Waals surface area contributed by atoms with Gasteiger partial charge in [0.05, 0.1) is 18.3 Å². The van der Waals surface area contributed by atoms with Crippen LogP contribution in [0.5, 0.6) is 0 Å². The van der Waals surface area contributed by atoms with Crippen LogP contribution in [0.2, 0.25) is 0 Å². The third kappa shape index (κ3) is 2.02. The number of nitrogens with zero attached hydrogens (tertiary/aromatic N) is 2. The van der Waals surface area contributed by atoms with Crippen LogP contribution in [0.25, 0.3) is 0 Å². The molecule has 5 heteroatoms. The topological polar surface area (TPSA) is 73.1 Å². The van der Waals surface area contributed by atoms with E-state index in [0.717, 1.165) is 11.3 Å². The smallest absolute Gasteiger partial charge is 0.204 e. The molecular weight excluding hydrogens is 304 g/mol. The monoisotopic (exact) mass is 322 g/mol. The van der Waals surface area contributed by atoms with Gasteiger partial charge in [0.15, 0.2) is 5.60 Å². The summed E-state index contributed by atoms with van der Waals surface area (Å²) in [4.78, 5) is 19.3. The van der Waals surface area contributed by atoms with Crippen molar-refractivity contribution in [1.82, 2.24) is 0 Å². The molecule has 0 amide bonds. The van der Waals surface area contributed by atoms with Crippen LogP contribution in [0.3, 0.4) is 0 Å². The minimum atomic E-state index is -1.69. The van der Waals surface area contributed by atoms with Crippen LogP contribution < -0.4 is 4.90 Å². The van der Waals surface area contributed by atoms with E-state index in [1.54, 1.807) is 17.0 Å². The van der Waals surface area contributed by atoms with Crippen molar-refractivity contribution in [3.63, 3.8) is 0 Å². The highest BCUT2D eigenvalue weighted by Gasteiger charge is 2.56. The maximum Gasteiger partial charge on any atom is 0.204 e. The average molecular weight is 322 g/mol. The molecule has 0 aliphatic carbocycles. The Kier molecular flexibility index (Phi) is 3.30. The van der Waals surface area contributed by atoms with Crippen LogP contribution in [-0.4, -0.2) is 40.1 Å². The van der Waals surface area contributed by atoms with Gasteiger partial charge in [-0.25, -0.2) is 4.99 Å². The van der Waals surface area contributed by atoms with Gasteiger partial charge < -0.3 is 15.1 Å². The third-order valence-corrected chi connectivity index (χ3v) is 4.74. The summed E-state index contributed by atoms with van der Waals surface area (Å²) in [7, 11) is 0. The first-order chi connectivity index (χ1) is 11.5. The highest BCUT2D eigenvalue weighted by molar-refractivity contribution is 6.28. The lowest BCUT2D eigenvalue weighted by atomic mass is 9.86. The summed E-state index contributed by atoms with van der Waals surface area (Å²) >= 11 is 0. The van der Waals surface area contributed by atoms with Crippen LogP contribution in [-0.2, 0) is 0 Å². The Labute approximate surface area is 139 Å². The van der Waals surface area contributed by atoms with Crippen molar-refractivity contribution in [2.45, 2.75) is 25.0 Å². The number of ketones is 1. The number of aryl methyl sites for hydroxylation is 1. The van der Waals surface area contributed by atoms with Crippen LogP contribution in [0.1, 0.15) is 22.3 Å². The van der Waals surface area contributed by atoms with Gasteiger partial charge in [0.25, 0.3) is 0 Å². The van der Waals surface area contributed by atoms with Gasteiger partial charge in [0, 0.05) is 17.7 Å². The number of hydrogen-bond donors (Lipinski definition) is 2. The van der Waals surface area contributed by atoms with E-state index >= 15 is 0 Å². The number of fused-ring (bicyclic) bond motifs is 2. The fourth-order valence-corrected chi connectivity index (χ4v) is 3.57. The Morgan fingerprint density at radius 2 is 2.00 bits per heavy atom.